The number of halogens is 1. The molecular formula is C11H19ClN4OS. The first-order valence-corrected chi connectivity index (χ1v) is 6.72. The normalized spacial score (nSPS) is 22.0. The van der Waals surface area contributed by atoms with Crippen LogP contribution in [-0.2, 0) is 0 Å². The van der Waals surface area contributed by atoms with Crippen molar-refractivity contribution >= 4 is 29.8 Å². The van der Waals surface area contributed by atoms with E-state index >= 15 is 0 Å². The fourth-order valence-electron chi connectivity index (χ4n) is 2.17. The molecule has 2 N–H and O–H groups in total. The summed E-state index contributed by atoms with van der Waals surface area (Å²) in [6.45, 7) is 6.15. The number of nitrogens with one attached hydrogen (secondary N) is 2. The number of hydrogen-bond donors (Lipinski definition) is 2. The van der Waals surface area contributed by atoms with E-state index in [1.54, 1.807) is 5.38 Å². The van der Waals surface area contributed by atoms with Crippen molar-refractivity contribution in [3.05, 3.63) is 11.1 Å². The number of carbonyl (C=O) groups is 1. The van der Waals surface area contributed by atoms with Crippen LogP contribution in [0.5, 0.6) is 0 Å². The lowest BCUT2D eigenvalue weighted by Gasteiger charge is -2.39. The van der Waals surface area contributed by atoms with Crippen molar-refractivity contribution < 1.29 is 4.79 Å². The zero-order valence-electron chi connectivity index (χ0n) is 10.6. The molecule has 2 heterocycles. The monoisotopic (exact) mass is 290 g/mol. The van der Waals surface area contributed by atoms with E-state index in [1.165, 1.54) is 24.4 Å². The third-order valence-electron chi connectivity index (χ3n) is 3.39. The van der Waals surface area contributed by atoms with E-state index in [4.69, 9.17) is 0 Å². The van der Waals surface area contributed by atoms with Crippen LogP contribution in [0.3, 0.4) is 0 Å². The van der Waals surface area contributed by atoms with Crippen LogP contribution in [0.15, 0.2) is 5.38 Å². The van der Waals surface area contributed by atoms with Crippen LogP contribution in [0, 0.1) is 5.41 Å². The summed E-state index contributed by atoms with van der Waals surface area (Å²) < 4.78 is 3.68. The molecule has 1 aliphatic heterocycles. The molecule has 102 valence electrons. The van der Waals surface area contributed by atoms with Gasteiger partial charge in [-0.25, -0.2) is 0 Å². The van der Waals surface area contributed by atoms with Gasteiger partial charge in [0.25, 0.3) is 5.91 Å². The number of nitrogens with zero attached hydrogens (tertiary/aromatic N) is 2. The highest BCUT2D eigenvalue weighted by Gasteiger charge is 2.32. The highest BCUT2D eigenvalue weighted by Crippen LogP contribution is 2.29. The fourth-order valence-corrected chi connectivity index (χ4v) is 2.60. The predicted molar refractivity (Wildman–Crippen MR) is 74.3 cm³/mol. The standard InChI is InChI=1S/C11H18N4OS.ClH/c1-11(2)4-3-5-12-9(11)6-13-10(16)8-7-17-15-14-8;/h7,9,12H,3-6H2,1-2H3,(H,13,16);1H. The molecule has 1 fully saturated rings. The zero-order valence-corrected chi connectivity index (χ0v) is 12.2. The minimum atomic E-state index is -0.137. The first kappa shape index (κ1) is 15.3. The Morgan fingerprint density at radius 3 is 3.06 bits per heavy atom. The van der Waals surface area contributed by atoms with Crippen LogP contribution < -0.4 is 10.6 Å². The van der Waals surface area contributed by atoms with Crippen molar-refractivity contribution in [1.29, 1.82) is 0 Å². The summed E-state index contributed by atoms with van der Waals surface area (Å²) >= 11 is 1.19. The lowest BCUT2D eigenvalue weighted by molar-refractivity contribution is 0.0924. The Kier molecular flexibility index (Phi) is 5.49. The third-order valence-corrected chi connectivity index (χ3v) is 3.90. The number of amides is 1. The lowest BCUT2D eigenvalue weighted by atomic mass is 9.77. The van der Waals surface area contributed by atoms with Crippen molar-refractivity contribution in [2.45, 2.75) is 32.7 Å². The van der Waals surface area contributed by atoms with E-state index < -0.39 is 0 Å². The minimum Gasteiger partial charge on any atom is -0.349 e. The van der Waals surface area contributed by atoms with Crippen molar-refractivity contribution in [2.24, 2.45) is 5.41 Å². The molecule has 1 amide bonds. The van der Waals surface area contributed by atoms with Gasteiger partial charge >= 0.3 is 0 Å². The summed E-state index contributed by atoms with van der Waals surface area (Å²) in [6, 6.07) is 0.326. The SMILES string of the molecule is CC1(C)CCCNC1CNC(=O)c1csnn1.Cl. The van der Waals surface area contributed by atoms with Crippen LogP contribution in [0.2, 0.25) is 0 Å². The zero-order chi connectivity index (χ0) is 12.3. The smallest absolute Gasteiger partial charge is 0.272 e. The second kappa shape index (κ2) is 6.45. The van der Waals surface area contributed by atoms with Gasteiger partial charge in [0.05, 0.1) is 0 Å². The Morgan fingerprint density at radius 1 is 1.67 bits per heavy atom. The van der Waals surface area contributed by atoms with Crippen LogP contribution in [-0.4, -0.2) is 34.6 Å². The van der Waals surface area contributed by atoms with Crippen LogP contribution in [0.25, 0.3) is 0 Å². The molecule has 0 bridgehead atoms. The summed E-state index contributed by atoms with van der Waals surface area (Å²) in [7, 11) is 0. The van der Waals surface area contributed by atoms with Gasteiger partial charge in [0.2, 0.25) is 0 Å². The van der Waals surface area contributed by atoms with E-state index in [0.717, 1.165) is 6.54 Å². The average molecular weight is 291 g/mol. The van der Waals surface area contributed by atoms with E-state index in [-0.39, 0.29) is 23.7 Å². The van der Waals surface area contributed by atoms with Crippen molar-refractivity contribution in [2.75, 3.05) is 13.1 Å². The lowest BCUT2D eigenvalue weighted by Crippen LogP contribution is -2.52. The molecule has 1 saturated heterocycles. The summed E-state index contributed by atoms with van der Waals surface area (Å²) in [6.07, 6.45) is 2.40. The Hall–Kier alpha value is -0.720. The molecule has 5 nitrogen and oxygen atoms in total. The van der Waals surface area contributed by atoms with Gasteiger partial charge in [0, 0.05) is 18.0 Å². The predicted octanol–water partition coefficient (Wildman–Crippen LogP) is 1.47. The van der Waals surface area contributed by atoms with Gasteiger partial charge in [-0.05, 0) is 36.3 Å². The summed E-state index contributed by atoms with van der Waals surface area (Å²) in [5.41, 5.74) is 0.634. The van der Waals surface area contributed by atoms with Crippen LogP contribution in [0.4, 0.5) is 0 Å². The van der Waals surface area contributed by atoms with Gasteiger partial charge in [-0.2, -0.15) is 0 Å². The van der Waals surface area contributed by atoms with E-state index in [0.29, 0.717) is 18.3 Å². The Morgan fingerprint density at radius 2 is 2.44 bits per heavy atom. The topological polar surface area (TPSA) is 66.9 Å². The van der Waals surface area contributed by atoms with Gasteiger partial charge in [0.15, 0.2) is 5.69 Å². The Balaban J connectivity index is 0.00000162. The number of rotatable bonds is 3. The number of carbonyl (C=O) groups excluding carboxylic acids is 1. The number of aromatic nitrogens is 2. The van der Waals surface area contributed by atoms with E-state index in [1.807, 2.05) is 0 Å². The van der Waals surface area contributed by atoms with Gasteiger partial charge in [-0.1, -0.05) is 18.3 Å². The van der Waals surface area contributed by atoms with Crippen molar-refractivity contribution in [3.63, 3.8) is 0 Å². The molecule has 7 heteroatoms. The second-order valence-corrected chi connectivity index (χ2v) is 5.71. The molecule has 1 atom stereocenters. The Labute approximate surface area is 117 Å². The van der Waals surface area contributed by atoms with Gasteiger partial charge in [-0.3, -0.25) is 4.79 Å². The summed E-state index contributed by atoms with van der Waals surface area (Å²) in [5, 5.41) is 11.8. The largest absolute Gasteiger partial charge is 0.349 e. The molecule has 0 radical (unpaired) electrons. The Bertz CT molecular complexity index is 382. The first-order valence-electron chi connectivity index (χ1n) is 5.88. The van der Waals surface area contributed by atoms with Crippen molar-refractivity contribution in [3.8, 4) is 0 Å². The van der Waals surface area contributed by atoms with Gasteiger partial charge in [-0.15, -0.1) is 17.5 Å². The maximum absolute atomic E-state index is 11.7. The third kappa shape index (κ3) is 3.63. The molecule has 0 aromatic carbocycles. The molecular weight excluding hydrogens is 272 g/mol. The molecule has 1 aromatic rings. The maximum atomic E-state index is 11.7. The molecule has 1 aromatic heterocycles. The minimum absolute atomic E-state index is 0. The fraction of sp³-hybridized carbons (Fsp3) is 0.727. The molecule has 1 unspecified atom stereocenters. The summed E-state index contributed by atoms with van der Waals surface area (Å²) in [5.74, 6) is -0.137. The van der Waals surface area contributed by atoms with Gasteiger partial charge < -0.3 is 10.6 Å². The van der Waals surface area contributed by atoms with Crippen molar-refractivity contribution in [1.82, 2.24) is 20.2 Å². The molecule has 0 aliphatic carbocycles. The average Bonchev–Trinajstić information content (AvgIpc) is 2.80. The van der Waals surface area contributed by atoms with Gasteiger partial charge in [0.1, 0.15) is 0 Å². The summed E-state index contributed by atoms with van der Waals surface area (Å²) in [4.78, 5) is 11.7. The highest BCUT2D eigenvalue weighted by molar-refractivity contribution is 7.03. The molecule has 0 spiro atoms. The first-order chi connectivity index (χ1) is 8.09. The molecule has 18 heavy (non-hydrogen) atoms. The maximum Gasteiger partial charge on any atom is 0.272 e. The van der Waals surface area contributed by atoms with E-state index in [9.17, 15) is 4.79 Å². The molecule has 2 rings (SSSR count). The quantitative estimate of drug-likeness (QED) is 0.885. The number of hydrogen-bond acceptors (Lipinski definition) is 5. The highest BCUT2D eigenvalue weighted by atomic mass is 35.5. The van der Waals surface area contributed by atoms with Crippen LogP contribution >= 0.6 is 23.9 Å². The molecule has 1 aliphatic rings. The van der Waals surface area contributed by atoms with Crippen LogP contribution in [0.1, 0.15) is 37.2 Å². The second-order valence-electron chi connectivity index (χ2n) is 5.10. The van der Waals surface area contributed by atoms with E-state index in [2.05, 4.69) is 34.1 Å². The number of piperidine rings is 1. The molecule has 0 saturated carbocycles.